The predicted octanol–water partition coefficient (Wildman–Crippen LogP) is 16.3. The van der Waals surface area contributed by atoms with Crippen molar-refractivity contribution in [3.05, 3.63) is 242 Å². The van der Waals surface area contributed by atoms with E-state index < -0.39 is 6.29 Å². The normalized spacial score (nSPS) is 14.2. The Morgan fingerprint density at radius 3 is 1.34 bits per heavy atom. The molecule has 13 aromatic rings. The summed E-state index contributed by atoms with van der Waals surface area (Å²) >= 11 is 0. The maximum atomic E-state index is 5.59. The van der Waals surface area contributed by atoms with Crippen LogP contribution in [-0.4, -0.2) is 28.2 Å². The number of nitrogens with zero attached hydrogens (tertiary/aromatic N) is 4. The summed E-state index contributed by atoms with van der Waals surface area (Å²) in [7, 11) is 2.15. The van der Waals surface area contributed by atoms with Crippen molar-refractivity contribution in [2.75, 3.05) is 7.05 Å². The summed E-state index contributed by atoms with van der Waals surface area (Å²) in [6.45, 7) is 0. The molecule has 0 N–H and O–H groups in total. The van der Waals surface area contributed by atoms with Crippen LogP contribution in [0, 0.1) is 0 Å². The molecule has 4 nitrogen and oxygen atoms in total. The van der Waals surface area contributed by atoms with E-state index >= 15 is 0 Å². The van der Waals surface area contributed by atoms with Crippen molar-refractivity contribution in [3.63, 3.8) is 0 Å². The van der Waals surface area contributed by atoms with Crippen LogP contribution in [0.5, 0.6) is 0 Å². The van der Waals surface area contributed by atoms with E-state index in [1.165, 1.54) is 92.3 Å². The highest BCUT2D eigenvalue weighted by atomic mass is 15.4. The van der Waals surface area contributed by atoms with E-state index in [0.717, 1.165) is 33.4 Å². The van der Waals surface area contributed by atoms with Crippen molar-refractivity contribution in [1.82, 2.24) is 9.47 Å². The second-order valence-electron chi connectivity index (χ2n) is 18.2. The lowest BCUT2D eigenvalue weighted by Crippen LogP contribution is -2.38. The molecule has 0 saturated carbocycles. The lowest BCUT2D eigenvalue weighted by Gasteiger charge is -2.34. The lowest BCUT2D eigenvalue weighted by atomic mass is 9.95. The molecule has 1 unspecified atom stereocenters. The van der Waals surface area contributed by atoms with Crippen LogP contribution in [0.1, 0.15) is 17.4 Å². The zero-order valence-corrected chi connectivity index (χ0v) is 37.3. The molecule has 2 heterocycles. The summed E-state index contributed by atoms with van der Waals surface area (Å²) in [4.78, 5) is 13.3. The molecule has 0 radical (unpaired) electrons. The lowest BCUT2D eigenvalue weighted by molar-refractivity contribution is 0.297. The Labute approximate surface area is 393 Å². The van der Waals surface area contributed by atoms with Crippen LogP contribution in [0.4, 0.5) is 0 Å². The van der Waals surface area contributed by atoms with Crippen molar-refractivity contribution in [2.24, 2.45) is 9.98 Å². The topological polar surface area (TPSA) is 32.9 Å². The van der Waals surface area contributed by atoms with Gasteiger partial charge in [0.25, 0.3) is 0 Å². The Kier molecular flexibility index (Phi) is 8.53. The molecule has 14 rings (SSSR count). The first-order valence-electron chi connectivity index (χ1n) is 23.4. The largest absolute Gasteiger partial charge is 0.320 e. The SMILES string of the molecule is CN1C(c2cc3ccccc3c3ccccc23)=NC(c2ccccc2)=NC1n1c2ccc(-c3ccc4c(ccc5ccccc54)c3)cc2c2cc(-c3ccc4c(ccc5ccccc54)c3)ccc21. The number of hydrogen-bond donors (Lipinski definition) is 0. The van der Waals surface area contributed by atoms with Gasteiger partial charge in [-0.1, -0.05) is 188 Å². The molecule has 318 valence electrons. The second kappa shape index (κ2) is 15.1. The molecule has 0 spiro atoms. The van der Waals surface area contributed by atoms with Gasteiger partial charge in [-0.05, 0) is 129 Å². The summed E-state index contributed by atoms with van der Waals surface area (Å²) in [5.41, 5.74) is 8.98. The van der Waals surface area contributed by atoms with E-state index in [9.17, 15) is 0 Å². The smallest absolute Gasteiger partial charge is 0.206 e. The summed E-state index contributed by atoms with van der Waals surface area (Å²) in [5, 5.41) is 17.2. The Bertz CT molecular complexity index is 4120. The minimum absolute atomic E-state index is 0.456. The molecule has 0 bridgehead atoms. The molecule has 1 aliphatic rings. The number of fused-ring (bicyclic) bond motifs is 12. The number of aliphatic imine (C=N–C) groups is 2. The second-order valence-corrected chi connectivity index (χ2v) is 18.2. The standard InChI is InChI=1S/C64H42N4/c1-67-63(59-39-47-17-7-10-20-52(47)55-21-11-12-22-56(55)59)65-62(42-15-3-2-4-16-42)66-64(67)68-60-33-29-45(43-27-31-53-48(35-43)25-23-40-13-5-8-18-50(40)53)37-57(60)58-38-46(30-34-61(58)68)44-28-32-54-49(36-44)26-24-41-14-6-9-19-51(41)54/h2-39,64H,1H3. The Morgan fingerprint density at radius 2 is 0.750 bits per heavy atom. The maximum absolute atomic E-state index is 5.59. The summed E-state index contributed by atoms with van der Waals surface area (Å²) in [5.74, 6) is 1.58. The minimum atomic E-state index is -0.456. The fourth-order valence-corrected chi connectivity index (χ4v) is 11.0. The molecule has 1 aromatic heterocycles. The highest BCUT2D eigenvalue weighted by molar-refractivity contribution is 6.22. The highest BCUT2D eigenvalue weighted by Crippen LogP contribution is 2.42. The first-order valence-corrected chi connectivity index (χ1v) is 23.4. The van der Waals surface area contributed by atoms with Gasteiger partial charge in [0, 0.05) is 28.9 Å². The van der Waals surface area contributed by atoms with Gasteiger partial charge in [0.05, 0.1) is 11.0 Å². The number of aromatic nitrogens is 1. The Hall–Kier alpha value is -8.86. The number of benzene rings is 12. The molecular weight excluding hydrogens is 825 g/mol. The van der Waals surface area contributed by atoms with Gasteiger partial charge >= 0.3 is 0 Å². The molecular formula is C64H42N4. The molecule has 4 heteroatoms. The monoisotopic (exact) mass is 866 g/mol. The van der Waals surface area contributed by atoms with E-state index in [2.05, 4.69) is 247 Å². The Morgan fingerprint density at radius 1 is 0.324 bits per heavy atom. The third kappa shape index (κ3) is 6.01. The van der Waals surface area contributed by atoms with Gasteiger partial charge in [0.1, 0.15) is 5.84 Å². The average molecular weight is 867 g/mol. The molecule has 1 atom stereocenters. The number of rotatable bonds is 5. The minimum Gasteiger partial charge on any atom is -0.320 e. The van der Waals surface area contributed by atoms with Crippen LogP contribution in [0.25, 0.3) is 109 Å². The van der Waals surface area contributed by atoms with Gasteiger partial charge in [0.2, 0.25) is 6.29 Å². The van der Waals surface area contributed by atoms with Crippen molar-refractivity contribution in [2.45, 2.75) is 6.29 Å². The number of amidine groups is 2. The van der Waals surface area contributed by atoms with Crippen LogP contribution in [0.3, 0.4) is 0 Å². The van der Waals surface area contributed by atoms with Crippen LogP contribution < -0.4 is 0 Å². The molecule has 68 heavy (non-hydrogen) atoms. The van der Waals surface area contributed by atoms with Crippen molar-refractivity contribution < 1.29 is 0 Å². The van der Waals surface area contributed by atoms with Gasteiger partial charge in [-0.2, -0.15) is 0 Å². The highest BCUT2D eigenvalue weighted by Gasteiger charge is 2.31. The molecule has 0 saturated heterocycles. The summed E-state index contributed by atoms with van der Waals surface area (Å²) in [6.07, 6.45) is -0.456. The average Bonchev–Trinajstić information content (AvgIpc) is 3.73. The van der Waals surface area contributed by atoms with Gasteiger partial charge in [0.15, 0.2) is 5.84 Å². The van der Waals surface area contributed by atoms with E-state index in [0.29, 0.717) is 5.84 Å². The third-order valence-corrected chi connectivity index (χ3v) is 14.4. The number of hydrogen-bond acceptors (Lipinski definition) is 3. The summed E-state index contributed by atoms with van der Waals surface area (Å²) in [6, 6.07) is 84.2. The van der Waals surface area contributed by atoms with E-state index in [1.54, 1.807) is 0 Å². The first kappa shape index (κ1) is 38.4. The van der Waals surface area contributed by atoms with Gasteiger partial charge in [-0.15, -0.1) is 0 Å². The summed E-state index contributed by atoms with van der Waals surface area (Å²) < 4.78 is 2.43. The van der Waals surface area contributed by atoms with E-state index in [4.69, 9.17) is 9.98 Å². The molecule has 0 fully saturated rings. The van der Waals surface area contributed by atoms with Gasteiger partial charge in [-0.25, -0.2) is 9.98 Å². The predicted molar refractivity (Wildman–Crippen MR) is 288 cm³/mol. The van der Waals surface area contributed by atoms with E-state index in [-0.39, 0.29) is 0 Å². The van der Waals surface area contributed by atoms with Crippen LogP contribution in [0.2, 0.25) is 0 Å². The van der Waals surface area contributed by atoms with Crippen LogP contribution >= 0.6 is 0 Å². The third-order valence-electron chi connectivity index (χ3n) is 14.4. The fourth-order valence-electron chi connectivity index (χ4n) is 11.0. The van der Waals surface area contributed by atoms with Crippen LogP contribution in [0.15, 0.2) is 241 Å². The van der Waals surface area contributed by atoms with Gasteiger partial charge < -0.3 is 9.47 Å². The Balaban J connectivity index is 0.989. The zero-order chi connectivity index (χ0) is 44.9. The van der Waals surface area contributed by atoms with Crippen LogP contribution in [-0.2, 0) is 0 Å². The first-order chi connectivity index (χ1) is 33.6. The van der Waals surface area contributed by atoms with Crippen molar-refractivity contribution >= 4 is 98.1 Å². The quantitative estimate of drug-likeness (QED) is 0.159. The zero-order valence-electron chi connectivity index (χ0n) is 37.3. The molecule has 1 aliphatic heterocycles. The van der Waals surface area contributed by atoms with Gasteiger partial charge in [-0.3, -0.25) is 0 Å². The molecule has 12 aromatic carbocycles. The van der Waals surface area contributed by atoms with Crippen molar-refractivity contribution in [3.8, 4) is 22.3 Å². The maximum Gasteiger partial charge on any atom is 0.206 e. The fraction of sp³-hybridized carbons (Fsp3) is 0.0312. The van der Waals surface area contributed by atoms with E-state index in [1.807, 2.05) is 0 Å². The van der Waals surface area contributed by atoms with Crippen molar-refractivity contribution in [1.29, 1.82) is 0 Å². The molecule has 0 aliphatic carbocycles. The molecule has 0 amide bonds.